The third-order valence-electron chi connectivity index (χ3n) is 5.36. The molecule has 1 aliphatic rings. The van der Waals surface area contributed by atoms with Gasteiger partial charge in [-0.05, 0) is 41.3 Å². The van der Waals surface area contributed by atoms with Crippen LogP contribution in [0.4, 0.5) is 0 Å². The van der Waals surface area contributed by atoms with Gasteiger partial charge in [-0.25, -0.2) is 0 Å². The van der Waals surface area contributed by atoms with E-state index in [4.69, 9.17) is 0 Å². The maximum Gasteiger partial charge on any atom is 0.251 e. The molecule has 0 unspecified atom stereocenters. The van der Waals surface area contributed by atoms with Crippen molar-refractivity contribution >= 4 is 5.91 Å². The van der Waals surface area contributed by atoms with Crippen molar-refractivity contribution in [2.75, 3.05) is 19.6 Å². The molecule has 0 saturated carbocycles. The molecule has 0 radical (unpaired) electrons. The van der Waals surface area contributed by atoms with E-state index < -0.39 is 6.10 Å². The van der Waals surface area contributed by atoms with E-state index in [0.29, 0.717) is 18.5 Å². The summed E-state index contributed by atoms with van der Waals surface area (Å²) in [7, 11) is 0. The first-order valence-corrected chi connectivity index (χ1v) is 10.3. The maximum absolute atomic E-state index is 12.5. The van der Waals surface area contributed by atoms with Crippen molar-refractivity contribution in [3.8, 4) is 0 Å². The topological polar surface area (TPSA) is 78.4 Å². The molecule has 0 aliphatic carbocycles. The molecule has 30 heavy (non-hydrogen) atoms. The van der Waals surface area contributed by atoms with Crippen molar-refractivity contribution in [2.24, 2.45) is 0 Å². The van der Waals surface area contributed by atoms with Gasteiger partial charge in [-0.15, -0.1) is 0 Å². The summed E-state index contributed by atoms with van der Waals surface area (Å²) in [5.41, 5.74) is 5.10. The Bertz CT molecular complexity index is 993. The number of rotatable bonds is 7. The number of nitrogens with one attached hydrogen (secondary N) is 1. The average molecular weight is 402 g/mol. The van der Waals surface area contributed by atoms with E-state index in [9.17, 15) is 9.90 Å². The number of carbonyl (C=O) groups excluding carboxylic acids is 1. The molecule has 1 aliphatic heterocycles. The van der Waals surface area contributed by atoms with Gasteiger partial charge in [0.25, 0.3) is 5.91 Å². The zero-order valence-electron chi connectivity index (χ0n) is 16.9. The number of amides is 1. The zero-order chi connectivity index (χ0) is 20.8. The van der Waals surface area contributed by atoms with Crippen LogP contribution in [0.15, 0.2) is 67.1 Å². The second kappa shape index (κ2) is 9.61. The first kappa shape index (κ1) is 20.2. The molecule has 3 aromatic rings. The molecule has 3 heterocycles. The summed E-state index contributed by atoms with van der Waals surface area (Å²) < 4.78 is 0. The summed E-state index contributed by atoms with van der Waals surface area (Å²) in [6, 6.07) is 15.8. The lowest BCUT2D eigenvalue weighted by Crippen LogP contribution is -2.42. The van der Waals surface area contributed by atoms with Crippen LogP contribution in [0.5, 0.6) is 0 Å². The molecule has 0 bridgehead atoms. The molecule has 0 spiro atoms. The van der Waals surface area contributed by atoms with Gasteiger partial charge in [0.15, 0.2) is 0 Å². The van der Waals surface area contributed by atoms with E-state index in [1.807, 2.05) is 12.1 Å². The van der Waals surface area contributed by atoms with Gasteiger partial charge in [0, 0.05) is 62.4 Å². The molecule has 2 N–H and O–H groups in total. The molecule has 6 nitrogen and oxygen atoms in total. The summed E-state index contributed by atoms with van der Waals surface area (Å²) in [6.45, 7) is 2.52. The van der Waals surface area contributed by atoms with Crippen LogP contribution < -0.4 is 5.32 Å². The van der Waals surface area contributed by atoms with E-state index in [-0.39, 0.29) is 12.5 Å². The van der Waals surface area contributed by atoms with Gasteiger partial charge >= 0.3 is 0 Å². The van der Waals surface area contributed by atoms with Crippen LogP contribution in [-0.2, 0) is 19.4 Å². The Morgan fingerprint density at radius 1 is 1.13 bits per heavy atom. The van der Waals surface area contributed by atoms with E-state index in [1.165, 1.54) is 11.1 Å². The quantitative estimate of drug-likeness (QED) is 0.634. The van der Waals surface area contributed by atoms with Crippen molar-refractivity contribution in [1.29, 1.82) is 0 Å². The third kappa shape index (κ3) is 5.28. The number of pyridine rings is 2. The van der Waals surface area contributed by atoms with E-state index >= 15 is 0 Å². The molecule has 0 fully saturated rings. The largest absolute Gasteiger partial charge is 0.390 e. The van der Waals surface area contributed by atoms with Gasteiger partial charge in [-0.3, -0.25) is 19.7 Å². The van der Waals surface area contributed by atoms with Crippen LogP contribution in [0, 0.1) is 0 Å². The normalized spacial score (nSPS) is 14.7. The molecule has 0 saturated heterocycles. The van der Waals surface area contributed by atoms with Crippen molar-refractivity contribution in [3.05, 3.63) is 95.1 Å². The lowest BCUT2D eigenvalue weighted by molar-refractivity contribution is 0.0841. The molecule has 4 rings (SSSR count). The molecule has 1 amide bonds. The minimum Gasteiger partial charge on any atom is -0.390 e. The number of nitrogens with zero attached hydrogens (tertiary/aromatic N) is 3. The number of aliphatic hydroxyl groups is 1. The van der Waals surface area contributed by atoms with Crippen molar-refractivity contribution in [2.45, 2.75) is 25.5 Å². The number of hydrogen-bond acceptors (Lipinski definition) is 5. The van der Waals surface area contributed by atoms with Crippen LogP contribution in [0.1, 0.15) is 32.7 Å². The predicted molar refractivity (Wildman–Crippen MR) is 115 cm³/mol. The van der Waals surface area contributed by atoms with Crippen LogP contribution >= 0.6 is 0 Å². The number of aliphatic hydroxyl groups excluding tert-OH is 1. The zero-order valence-corrected chi connectivity index (χ0v) is 16.9. The van der Waals surface area contributed by atoms with Crippen molar-refractivity contribution < 1.29 is 9.90 Å². The van der Waals surface area contributed by atoms with Gasteiger partial charge in [0.1, 0.15) is 0 Å². The Morgan fingerprint density at radius 3 is 2.83 bits per heavy atom. The Morgan fingerprint density at radius 2 is 2.00 bits per heavy atom. The van der Waals surface area contributed by atoms with Gasteiger partial charge in [-0.1, -0.05) is 30.3 Å². The number of carbonyl (C=O) groups is 1. The smallest absolute Gasteiger partial charge is 0.251 e. The molecule has 154 valence electrons. The minimum atomic E-state index is -0.615. The summed E-state index contributed by atoms with van der Waals surface area (Å²) in [5.74, 6) is -0.201. The minimum absolute atomic E-state index is 0.201. The van der Waals surface area contributed by atoms with Gasteiger partial charge < -0.3 is 10.4 Å². The van der Waals surface area contributed by atoms with Gasteiger partial charge in [0.2, 0.25) is 0 Å². The fourth-order valence-corrected chi connectivity index (χ4v) is 3.81. The highest BCUT2D eigenvalue weighted by molar-refractivity contribution is 5.94. The molecule has 2 aromatic heterocycles. The summed E-state index contributed by atoms with van der Waals surface area (Å²) in [6.07, 6.45) is 6.16. The summed E-state index contributed by atoms with van der Waals surface area (Å²) >= 11 is 0. The van der Waals surface area contributed by atoms with Crippen molar-refractivity contribution in [1.82, 2.24) is 20.2 Å². The number of hydrogen-bond donors (Lipinski definition) is 2. The Kier molecular flexibility index (Phi) is 6.47. The fraction of sp³-hybridized carbons (Fsp3) is 0.292. The highest BCUT2D eigenvalue weighted by Gasteiger charge is 2.19. The molecular formula is C24H26N4O2. The number of fused-ring (bicyclic) bond motifs is 1. The average Bonchev–Trinajstić information content (AvgIpc) is 2.78. The molecule has 1 atom stereocenters. The number of benzene rings is 1. The van der Waals surface area contributed by atoms with E-state index in [0.717, 1.165) is 30.8 Å². The van der Waals surface area contributed by atoms with Gasteiger partial charge in [-0.2, -0.15) is 0 Å². The predicted octanol–water partition coefficient (Wildman–Crippen LogP) is 2.22. The number of aromatic nitrogens is 2. The second-order valence-corrected chi connectivity index (χ2v) is 7.69. The number of β-amino-alcohol motifs (C(OH)–C–C–N with tert-alkyl or cyclic N) is 1. The van der Waals surface area contributed by atoms with Crippen LogP contribution in [-0.4, -0.2) is 51.6 Å². The van der Waals surface area contributed by atoms with Crippen LogP contribution in [0.2, 0.25) is 0 Å². The fourth-order valence-electron chi connectivity index (χ4n) is 3.81. The highest BCUT2D eigenvalue weighted by atomic mass is 16.3. The Labute approximate surface area is 176 Å². The van der Waals surface area contributed by atoms with Crippen molar-refractivity contribution in [3.63, 3.8) is 0 Å². The molecule has 6 heteroatoms. The lowest BCUT2D eigenvalue weighted by atomic mass is 10.00. The van der Waals surface area contributed by atoms with E-state index in [1.54, 1.807) is 30.7 Å². The monoisotopic (exact) mass is 402 g/mol. The Hall–Kier alpha value is -3.09. The first-order chi connectivity index (χ1) is 14.7. The first-order valence-electron chi connectivity index (χ1n) is 10.3. The van der Waals surface area contributed by atoms with Crippen LogP contribution in [0.25, 0.3) is 0 Å². The molecular weight excluding hydrogens is 376 g/mol. The molecule has 1 aromatic carbocycles. The highest BCUT2D eigenvalue weighted by Crippen LogP contribution is 2.18. The SMILES string of the molecule is O=C(NC[C@H](O)CN1CCc2ccccc2C1)c1ccnc(Cc2cccnc2)c1. The maximum atomic E-state index is 12.5. The Balaban J connectivity index is 1.28. The standard InChI is InChI=1S/C24H26N4O2/c29-23(17-28-11-8-19-5-1-2-6-21(19)16-28)15-27-24(30)20-7-10-26-22(13-20)12-18-4-3-9-25-14-18/h1-7,9-10,13-14,23,29H,8,11-12,15-17H2,(H,27,30)/t23-/m0/s1. The van der Waals surface area contributed by atoms with Crippen LogP contribution in [0.3, 0.4) is 0 Å². The lowest BCUT2D eigenvalue weighted by Gasteiger charge is -2.30. The van der Waals surface area contributed by atoms with E-state index in [2.05, 4.69) is 44.5 Å². The third-order valence-corrected chi connectivity index (χ3v) is 5.36. The summed E-state index contributed by atoms with van der Waals surface area (Å²) in [4.78, 5) is 23.2. The second-order valence-electron chi connectivity index (χ2n) is 7.69. The summed E-state index contributed by atoms with van der Waals surface area (Å²) in [5, 5.41) is 13.3. The van der Waals surface area contributed by atoms with Gasteiger partial charge in [0.05, 0.1) is 6.10 Å².